The summed E-state index contributed by atoms with van der Waals surface area (Å²) in [6, 6.07) is 4.48. The van der Waals surface area contributed by atoms with Crippen molar-refractivity contribution >= 4 is 17.0 Å². The van der Waals surface area contributed by atoms with Crippen LogP contribution in [0.5, 0.6) is 0 Å². The number of halogens is 1. The van der Waals surface area contributed by atoms with Gasteiger partial charge in [0, 0.05) is 19.5 Å². The number of nitrogens with one attached hydrogen (secondary N) is 2. The molecule has 0 spiro atoms. The first-order valence-electron chi connectivity index (χ1n) is 6.69. The van der Waals surface area contributed by atoms with Crippen molar-refractivity contribution in [2.24, 2.45) is 0 Å². The van der Waals surface area contributed by atoms with Gasteiger partial charge in [-0.3, -0.25) is 4.79 Å². The molecule has 2 aromatic rings. The van der Waals surface area contributed by atoms with Crippen LogP contribution >= 0.6 is 0 Å². The quantitative estimate of drug-likeness (QED) is 0.599. The van der Waals surface area contributed by atoms with Crippen LogP contribution in [0, 0.1) is 5.82 Å². The van der Waals surface area contributed by atoms with Gasteiger partial charge >= 0.3 is 5.97 Å². The van der Waals surface area contributed by atoms with Crippen LogP contribution in [-0.4, -0.2) is 35.6 Å². The van der Waals surface area contributed by atoms with Gasteiger partial charge in [-0.05, 0) is 25.1 Å². The number of fused-ring (bicyclic) bond motifs is 1. The largest absolute Gasteiger partial charge is 0.466 e. The number of imidazole rings is 1. The average molecular weight is 279 g/mol. The lowest BCUT2D eigenvalue weighted by atomic mass is 10.3. The lowest BCUT2D eigenvalue weighted by Gasteiger charge is -2.03. The molecule has 0 amide bonds. The zero-order valence-electron chi connectivity index (χ0n) is 11.4. The molecule has 0 aliphatic carbocycles. The normalized spacial score (nSPS) is 10.9. The Kier molecular flexibility index (Phi) is 5.06. The molecule has 0 aliphatic heterocycles. The Morgan fingerprint density at radius 1 is 1.45 bits per heavy atom. The van der Waals surface area contributed by atoms with Crippen molar-refractivity contribution in [3.8, 4) is 0 Å². The van der Waals surface area contributed by atoms with Crippen LogP contribution in [0.4, 0.5) is 4.39 Å². The van der Waals surface area contributed by atoms with Crippen LogP contribution in [0.15, 0.2) is 18.2 Å². The molecule has 0 unspecified atom stereocenters. The number of hydrogen-bond donors (Lipinski definition) is 2. The van der Waals surface area contributed by atoms with Gasteiger partial charge < -0.3 is 15.0 Å². The van der Waals surface area contributed by atoms with Crippen LogP contribution in [0.1, 0.15) is 19.2 Å². The topological polar surface area (TPSA) is 67.0 Å². The van der Waals surface area contributed by atoms with Crippen molar-refractivity contribution < 1.29 is 13.9 Å². The molecule has 0 bridgehead atoms. The molecule has 0 saturated carbocycles. The van der Waals surface area contributed by atoms with E-state index in [1.807, 2.05) is 0 Å². The van der Waals surface area contributed by atoms with Crippen molar-refractivity contribution in [2.45, 2.75) is 19.8 Å². The first-order valence-corrected chi connectivity index (χ1v) is 6.69. The lowest BCUT2D eigenvalue weighted by molar-refractivity contribution is -0.142. The molecule has 2 N–H and O–H groups in total. The maximum Gasteiger partial charge on any atom is 0.307 e. The summed E-state index contributed by atoms with van der Waals surface area (Å²) in [6.45, 7) is 3.47. The number of esters is 1. The predicted molar refractivity (Wildman–Crippen MR) is 73.9 cm³/mol. The minimum atomic E-state index is -0.278. The smallest absolute Gasteiger partial charge is 0.307 e. The molecule has 0 atom stereocenters. The van der Waals surface area contributed by atoms with Gasteiger partial charge in [0.15, 0.2) is 0 Å². The minimum Gasteiger partial charge on any atom is -0.466 e. The Balaban J connectivity index is 1.74. The average Bonchev–Trinajstić information content (AvgIpc) is 2.80. The van der Waals surface area contributed by atoms with Crippen LogP contribution in [0.3, 0.4) is 0 Å². The highest BCUT2D eigenvalue weighted by Crippen LogP contribution is 2.12. The van der Waals surface area contributed by atoms with E-state index in [0.717, 1.165) is 11.3 Å². The summed E-state index contributed by atoms with van der Waals surface area (Å²) >= 11 is 0. The second-order valence-electron chi connectivity index (χ2n) is 4.40. The summed E-state index contributed by atoms with van der Waals surface area (Å²) in [5.74, 6) is 0.328. The van der Waals surface area contributed by atoms with Gasteiger partial charge in [-0.1, -0.05) is 0 Å². The Labute approximate surface area is 116 Å². The molecular weight excluding hydrogens is 261 g/mol. The second-order valence-corrected chi connectivity index (χ2v) is 4.40. The van der Waals surface area contributed by atoms with Gasteiger partial charge in [0.1, 0.15) is 11.6 Å². The van der Waals surface area contributed by atoms with E-state index < -0.39 is 0 Å². The van der Waals surface area contributed by atoms with E-state index in [0.29, 0.717) is 38.1 Å². The van der Waals surface area contributed by atoms with Crippen LogP contribution in [0.25, 0.3) is 11.0 Å². The van der Waals surface area contributed by atoms with E-state index in [1.54, 1.807) is 13.0 Å². The zero-order chi connectivity index (χ0) is 14.4. The minimum absolute atomic E-state index is 0.195. The predicted octanol–water partition coefficient (Wildman–Crippen LogP) is 1.79. The van der Waals surface area contributed by atoms with E-state index in [2.05, 4.69) is 15.3 Å². The maximum absolute atomic E-state index is 13.0. The molecule has 1 aromatic heterocycles. The van der Waals surface area contributed by atoms with Crippen molar-refractivity contribution in [1.82, 2.24) is 15.3 Å². The van der Waals surface area contributed by atoms with Gasteiger partial charge in [0.05, 0.1) is 24.1 Å². The Morgan fingerprint density at radius 3 is 3.10 bits per heavy atom. The molecule has 108 valence electrons. The molecule has 0 radical (unpaired) electrons. The molecule has 0 fully saturated rings. The molecule has 1 aromatic carbocycles. The molecule has 0 saturated heterocycles. The summed E-state index contributed by atoms with van der Waals surface area (Å²) < 4.78 is 17.9. The molecular formula is C14H18FN3O2. The Hall–Kier alpha value is -1.95. The van der Waals surface area contributed by atoms with Crippen molar-refractivity contribution in [3.63, 3.8) is 0 Å². The summed E-state index contributed by atoms with van der Waals surface area (Å²) in [5.41, 5.74) is 1.46. The highest BCUT2D eigenvalue weighted by atomic mass is 19.1. The number of benzene rings is 1. The van der Waals surface area contributed by atoms with Crippen LogP contribution < -0.4 is 5.32 Å². The maximum atomic E-state index is 13.0. The van der Waals surface area contributed by atoms with Crippen molar-refractivity contribution in [3.05, 3.63) is 29.8 Å². The highest BCUT2D eigenvalue weighted by molar-refractivity contribution is 5.74. The monoisotopic (exact) mass is 279 g/mol. The van der Waals surface area contributed by atoms with E-state index in [1.165, 1.54) is 12.1 Å². The van der Waals surface area contributed by atoms with E-state index >= 15 is 0 Å². The van der Waals surface area contributed by atoms with Crippen LogP contribution in [-0.2, 0) is 16.0 Å². The number of ether oxygens (including phenoxy) is 1. The first kappa shape index (κ1) is 14.5. The van der Waals surface area contributed by atoms with Crippen molar-refractivity contribution in [2.75, 3.05) is 19.7 Å². The third-order valence-corrected chi connectivity index (χ3v) is 2.84. The van der Waals surface area contributed by atoms with Crippen molar-refractivity contribution in [1.29, 1.82) is 0 Å². The lowest BCUT2D eigenvalue weighted by Crippen LogP contribution is -2.22. The summed E-state index contributed by atoms with van der Waals surface area (Å²) in [4.78, 5) is 18.5. The number of aromatic amines is 1. The molecule has 5 nitrogen and oxygen atoms in total. The van der Waals surface area contributed by atoms with Gasteiger partial charge in [-0.2, -0.15) is 0 Å². The SMILES string of the molecule is CCOC(=O)CCNCCc1nc2ccc(F)cc2[nH]1. The molecule has 6 heteroatoms. The third kappa shape index (κ3) is 4.03. The molecule has 0 aliphatic rings. The van der Waals surface area contributed by atoms with E-state index in [4.69, 9.17) is 4.74 Å². The summed E-state index contributed by atoms with van der Waals surface area (Å²) in [5, 5.41) is 3.14. The number of carbonyl (C=O) groups excluding carboxylic acids is 1. The Morgan fingerprint density at radius 2 is 2.30 bits per heavy atom. The highest BCUT2D eigenvalue weighted by Gasteiger charge is 2.04. The number of H-pyrrole nitrogens is 1. The standard InChI is InChI=1S/C14H18FN3O2/c1-2-20-14(19)6-8-16-7-5-13-17-11-4-3-10(15)9-12(11)18-13/h3-4,9,16H,2,5-8H2,1H3,(H,17,18). The molecule has 20 heavy (non-hydrogen) atoms. The third-order valence-electron chi connectivity index (χ3n) is 2.84. The fourth-order valence-corrected chi connectivity index (χ4v) is 1.91. The Bertz CT molecular complexity index is 583. The van der Waals surface area contributed by atoms with Gasteiger partial charge in [0.2, 0.25) is 0 Å². The van der Waals surface area contributed by atoms with Crippen LogP contribution in [0.2, 0.25) is 0 Å². The zero-order valence-corrected chi connectivity index (χ0v) is 11.4. The molecule has 2 rings (SSSR count). The molecule has 1 heterocycles. The number of nitrogens with zero attached hydrogens (tertiary/aromatic N) is 1. The fourth-order valence-electron chi connectivity index (χ4n) is 1.91. The van der Waals surface area contributed by atoms with Gasteiger partial charge in [-0.25, -0.2) is 9.37 Å². The van der Waals surface area contributed by atoms with Gasteiger partial charge in [0.25, 0.3) is 0 Å². The number of rotatable bonds is 7. The summed E-state index contributed by atoms with van der Waals surface area (Å²) in [7, 11) is 0. The fraction of sp³-hybridized carbons (Fsp3) is 0.429. The number of aromatic nitrogens is 2. The number of hydrogen-bond acceptors (Lipinski definition) is 4. The first-order chi connectivity index (χ1) is 9.69. The summed E-state index contributed by atoms with van der Waals surface area (Å²) in [6.07, 6.45) is 1.05. The number of carbonyl (C=O) groups is 1. The van der Waals surface area contributed by atoms with E-state index in [9.17, 15) is 9.18 Å². The van der Waals surface area contributed by atoms with Gasteiger partial charge in [-0.15, -0.1) is 0 Å². The van der Waals surface area contributed by atoms with E-state index in [-0.39, 0.29) is 11.8 Å². The second kappa shape index (κ2) is 7.00.